The Bertz CT molecular complexity index is 512. The molecule has 2 aromatic rings. The molecule has 1 atom stereocenters. The Hall–Kier alpha value is -1.68. The summed E-state index contributed by atoms with van der Waals surface area (Å²) in [7, 11) is 0. The molecule has 0 aliphatic carbocycles. The van der Waals surface area contributed by atoms with E-state index in [-0.39, 0.29) is 0 Å². The molecule has 1 unspecified atom stereocenters. The molecule has 1 N–H and O–H groups in total. The first-order chi connectivity index (χ1) is 8.34. The van der Waals surface area contributed by atoms with Gasteiger partial charge < -0.3 is 5.32 Å². The summed E-state index contributed by atoms with van der Waals surface area (Å²) in [6.45, 7) is 4.18. The zero-order chi connectivity index (χ0) is 11.7. The fraction of sp³-hybridized carbons (Fsp3) is 0.385. The van der Waals surface area contributed by atoms with Gasteiger partial charge in [0.05, 0.1) is 0 Å². The largest absolute Gasteiger partial charge is 0.316 e. The van der Waals surface area contributed by atoms with Crippen molar-refractivity contribution in [1.29, 1.82) is 0 Å². The van der Waals surface area contributed by atoms with Crippen LogP contribution in [-0.4, -0.2) is 27.9 Å². The van der Waals surface area contributed by atoms with E-state index in [1.54, 1.807) is 0 Å². The van der Waals surface area contributed by atoms with Crippen LogP contribution >= 0.6 is 0 Å². The number of nitrogens with zero attached hydrogens (tertiary/aromatic N) is 3. The van der Waals surface area contributed by atoms with Crippen LogP contribution in [0.15, 0.2) is 30.6 Å². The Morgan fingerprint density at radius 2 is 2.35 bits per heavy atom. The van der Waals surface area contributed by atoms with Gasteiger partial charge in [0.15, 0.2) is 0 Å². The number of nitrogens with one attached hydrogen (secondary N) is 1. The molecular formula is C13H16N4. The number of hydrogen-bond acceptors (Lipinski definition) is 3. The molecule has 1 fully saturated rings. The van der Waals surface area contributed by atoms with Crippen LogP contribution in [0.25, 0.3) is 5.69 Å². The first-order valence-corrected chi connectivity index (χ1v) is 6.02. The Balaban J connectivity index is 2.00. The van der Waals surface area contributed by atoms with Crippen molar-refractivity contribution in [3.63, 3.8) is 0 Å². The quantitative estimate of drug-likeness (QED) is 0.850. The SMILES string of the molecule is Cc1cccc(-n2cnnc2C2CCNC2)c1. The molecule has 2 heterocycles. The summed E-state index contributed by atoms with van der Waals surface area (Å²) < 4.78 is 2.10. The number of benzene rings is 1. The van der Waals surface area contributed by atoms with Gasteiger partial charge in [-0.25, -0.2) is 0 Å². The van der Waals surface area contributed by atoms with Crippen LogP contribution in [0.3, 0.4) is 0 Å². The smallest absolute Gasteiger partial charge is 0.141 e. The zero-order valence-electron chi connectivity index (χ0n) is 9.93. The van der Waals surface area contributed by atoms with Crippen LogP contribution in [0.1, 0.15) is 23.7 Å². The molecule has 0 radical (unpaired) electrons. The fourth-order valence-corrected chi connectivity index (χ4v) is 2.37. The third-order valence-electron chi connectivity index (χ3n) is 3.28. The van der Waals surface area contributed by atoms with Gasteiger partial charge in [-0.05, 0) is 37.6 Å². The van der Waals surface area contributed by atoms with Gasteiger partial charge in [0.2, 0.25) is 0 Å². The molecule has 17 heavy (non-hydrogen) atoms. The highest BCUT2D eigenvalue weighted by Crippen LogP contribution is 2.22. The second kappa shape index (κ2) is 4.30. The predicted octanol–water partition coefficient (Wildman–Crippen LogP) is 1.65. The van der Waals surface area contributed by atoms with E-state index < -0.39 is 0 Å². The summed E-state index contributed by atoms with van der Waals surface area (Å²) in [5, 5.41) is 11.7. The summed E-state index contributed by atoms with van der Waals surface area (Å²) in [5.41, 5.74) is 2.41. The maximum absolute atomic E-state index is 4.28. The van der Waals surface area contributed by atoms with Crippen molar-refractivity contribution in [2.24, 2.45) is 0 Å². The van der Waals surface area contributed by atoms with Gasteiger partial charge in [-0.3, -0.25) is 4.57 Å². The first kappa shape index (κ1) is 10.5. The first-order valence-electron chi connectivity index (χ1n) is 6.02. The van der Waals surface area contributed by atoms with Gasteiger partial charge in [0.25, 0.3) is 0 Å². The van der Waals surface area contributed by atoms with E-state index in [1.165, 1.54) is 5.56 Å². The second-order valence-corrected chi connectivity index (χ2v) is 4.59. The second-order valence-electron chi connectivity index (χ2n) is 4.59. The molecule has 0 spiro atoms. The molecule has 1 aromatic heterocycles. The lowest BCUT2D eigenvalue weighted by Gasteiger charge is -2.11. The third-order valence-corrected chi connectivity index (χ3v) is 3.28. The minimum Gasteiger partial charge on any atom is -0.316 e. The lowest BCUT2D eigenvalue weighted by atomic mass is 10.1. The molecule has 4 nitrogen and oxygen atoms in total. The summed E-state index contributed by atoms with van der Waals surface area (Å²) in [4.78, 5) is 0. The number of aromatic nitrogens is 3. The Morgan fingerprint density at radius 1 is 1.41 bits per heavy atom. The highest BCUT2D eigenvalue weighted by atomic mass is 15.3. The standard InChI is InChI=1S/C13H16N4/c1-10-3-2-4-12(7-10)17-9-15-16-13(17)11-5-6-14-8-11/h2-4,7,9,11,14H,5-6,8H2,1H3. The van der Waals surface area contributed by atoms with E-state index in [1.807, 2.05) is 6.33 Å². The van der Waals surface area contributed by atoms with Crippen molar-refractivity contribution in [1.82, 2.24) is 20.1 Å². The van der Waals surface area contributed by atoms with E-state index >= 15 is 0 Å². The van der Waals surface area contributed by atoms with Gasteiger partial charge in [0, 0.05) is 18.2 Å². The summed E-state index contributed by atoms with van der Waals surface area (Å²) in [5.74, 6) is 1.55. The number of aryl methyl sites for hydroxylation is 1. The van der Waals surface area contributed by atoms with Crippen LogP contribution in [0.4, 0.5) is 0 Å². The molecule has 1 aliphatic rings. The summed E-state index contributed by atoms with van der Waals surface area (Å²) >= 11 is 0. The predicted molar refractivity (Wildman–Crippen MR) is 66.3 cm³/mol. The van der Waals surface area contributed by atoms with E-state index in [0.717, 1.165) is 31.0 Å². The van der Waals surface area contributed by atoms with E-state index in [9.17, 15) is 0 Å². The molecular weight excluding hydrogens is 212 g/mol. The third kappa shape index (κ3) is 1.96. The van der Waals surface area contributed by atoms with Gasteiger partial charge in [-0.1, -0.05) is 12.1 Å². The highest BCUT2D eigenvalue weighted by Gasteiger charge is 2.22. The van der Waals surface area contributed by atoms with Crippen molar-refractivity contribution in [3.8, 4) is 5.69 Å². The summed E-state index contributed by atoms with van der Waals surface area (Å²) in [6.07, 6.45) is 2.95. The normalized spacial score (nSPS) is 19.7. The van der Waals surface area contributed by atoms with Crippen molar-refractivity contribution in [3.05, 3.63) is 42.0 Å². The zero-order valence-corrected chi connectivity index (χ0v) is 9.93. The molecule has 0 amide bonds. The van der Waals surface area contributed by atoms with Crippen LogP contribution < -0.4 is 5.32 Å². The maximum atomic E-state index is 4.28. The van der Waals surface area contributed by atoms with Gasteiger partial charge in [-0.15, -0.1) is 10.2 Å². The van der Waals surface area contributed by atoms with E-state index in [4.69, 9.17) is 0 Å². The monoisotopic (exact) mass is 228 g/mol. The molecule has 1 saturated heterocycles. The van der Waals surface area contributed by atoms with Crippen LogP contribution in [0.5, 0.6) is 0 Å². The van der Waals surface area contributed by atoms with Crippen molar-refractivity contribution < 1.29 is 0 Å². The molecule has 88 valence electrons. The Labute approximate surface area is 101 Å². The minimum atomic E-state index is 0.484. The van der Waals surface area contributed by atoms with Crippen LogP contribution in [0, 0.1) is 6.92 Å². The van der Waals surface area contributed by atoms with E-state index in [0.29, 0.717) is 5.92 Å². The fourth-order valence-electron chi connectivity index (χ4n) is 2.37. The number of hydrogen-bond donors (Lipinski definition) is 1. The number of rotatable bonds is 2. The molecule has 3 rings (SSSR count). The average molecular weight is 228 g/mol. The molecule has 1 aliphatic heterocycles. The highest BCUT2D eigenvalue weighted by molar-refractivity contribution is 5.36. The molecule has 0 saturated carbocycles. The lowest BCUT2D eigenvalue weighted by Crippen LogP contribution is -2.11. The average Bonchev–Trinajstić information content (AvgIpc) is 3.00. The van der Waals surface area contributed by atoms with Crippen LogP contribution in [0.2, 0.25) is 0 Å². The molecule has 0 bridgehead atoms. The molecule has 1 aromatic carbocycles. The van der Waals surface area contributed by atoms with Crippen molar-refractivity contribution >= 4 is 0 Å². The topological polar surface area (TPSA) is 42.7 Å². The van der Waals surface area contributed by atoms with Crippen LogP contribution in [-0.2, 0) is 0 Å². The molecule has 4 heteroatoms. The minimum absolute atomic E-state index is 0.484. The van der Waals surface area contributed by atoms with Crippen molar-refractivity contribution in [2.45, 2.75) is 19.3 Å². The van der Waals surface area contributed by atoms with E-state index in [2.05, 4.69) is 51.3 Å². The summed E-state index contributed by atoms with van der Waals surface area (Å²) in [6, 6.07) is 8.43. The van der Waals surface area contributed by atoms with Gasteiger partial charge in [0.1, 0.15) is 12.2 Å². The Morgan fingerprint density at radius 3 is 3.12 bits per heavy atom. The lowest BCUT2D eigenvalue weighted by molar-refractivity contribution is 0.682. The maximum Gasteiger partial charge on any atom is 0.141 e. The van der Waals surface area contributed by atoms with Gasteiger partial charge >= 0.3 is 0 Å². The van der Waals surface area contributed by atoms with Crippen molar-refractivity contribution in [2.75, 3.05) is 13.1 Å². The Kier molecular flexibility index (Phi) is 2.65. The van der Waals surface area contributed by atoms with Gasteiger partial charge in [-0.2, -0.15) is 0 Å².